The average Bonchev–Trinajstić information content (AvgIpc) is 2.96. The molecule has 0 heterocycles. The van der Waals surface area contributed by atoms with Gasteiger partial charge in [0.25, 0.3) is 10.0 Å². The van der Waals surface area contributed by atoms with Crippen LogP contribution in [0.1, 0.15) is 39.2 Å². The first-order chi connectivity index (χ1) is 19.1. The van der Waals surface area contributed by atoms with Crippen LogP contribution in [0.2, 0.25) is 0 Å². The fourth-order valence-corrected chi connectivity index (χ4v) is 5.84. The number of carbonyl (C=O) groups is 2. The second-order valence-electron chi connectivity index (χ2n) is 9.41. The lowest BCUT2D eigenvalue weighted by Gasteiger charge is -2.33. The van der Waals surface area contributed by atoms with Crippen molar-refractivity contribution >= 4 is 43.5 Å². The Morgan fingerprint density at radius 1 is 0.925 bits per heavy atom. The first kappa shape index (κ1) is 31.2. The molecule has 8 nitrogen and oxygen atoms in total. The summed E-state index contributed by atoms with van der Waals surface area (Å²) in [4.78, 5) is 28.9. The molecule has 0 bridgehead atoms. The van der Waals surface area contributed by atoms with Gasteiger partial charge in [0.1, 0.15) is 18.3 Å². The van der Waals surface area contributed by atoms with Gasteiger partial charge >= 0.3 is 0 Å². The second kappa shape index (κ2) is 14.3. The quantitative estimate of drug-likeness (QED) is 0.274. The van der Waals surface area contributed by atoms with Gasteiger partial charge in [-0.3, -0.25) is 13.9 Å². The van der Waals surface area contributed by atoms with Crippen molar-refractivity contribution in [2.45, 2.75) is 57.1 Å². The van der Waals surface area contributed by atoms with Crippen LogP contribution in [0.5, 0.6) is 5.75 Å². The highest BCUT2D eigenvalue weighted by atomic mass is 79.9. The van der Waals surface area contributed by atoms with Crippen LogP contribution < -0.4 is 14.4 Å². The predicted molar refractivity (Wildman–Crippen MR) is 161 cm³/mol. The minimum absolute atomic E-state index is 0.0639. The van der Waals surface area contributed by atoms with Crippen molar-refractivity contribution in [3.8, 4) is 5.75 Å². The van der Waals surface area contributed by atoms with E-state index in [4.69, 9.17) is 4.74 Å². The summed E-state index contributed by atoms with van der Waals surface area (Å²) in [6.45, 7) is 5.35. The molecular weight excluding hydrogens is 594 g/mol. The SMILES string of the molecule is CCC(C)NC(=O)C(CC)N(Cc1ccc(OC)cc1)C(=O)CN(c1ccc(Br)cc1)S(=O)(=O)c1ccccc1. The summed E-state index contributed by atoms with van der Waals surface area (Å²) in [7, 11) is -2.53. The van der Waals surface area contributed by atoms with Crippen molar-refractivity contribution in [1.29, 1.82) is 0 Å². The largest absolute Gasteiger partial charge is 0.497 e. The van der Waals surface area contributed by atoms with Crippen LogP contribution in [0.4, 0.5) is 5.69 Å². The molecule has 0 saturated heterocycles. The maximum atomic E-state index is 14.1. The Kier molecular flexibility index (Phi) is 11.2. The van der Waals surface area contributed by atoms with Gasteiger partial charge in [0.2, 0.25) is 11.8 Å². The van der Waals surface area contributed by atoms with Gasteiger partial charge in [0.05, 0.1) is 17.7 Å². The molecule has 0 spiro atoms. The topological polar surface area (TPSA) is 96.0 Å². The van der Waals surface area contributed by atoms with E-state index >= 15 is 0 Å². The van der Waals surface area contributed by atoms with Gasteiger partial charge in [-0.25, -0.2) is 8.42 Å². The minimum atomic E-state index is -4.10. The predicted octanol–water partition coefficient (Wildman–Crippen LogP) is 5.38. The second-order valence-corrected chi connectivity index (χ2v) is 12.2. The number of methoxy groups -OCH3 is 1. The molecular formula is C30H36BrN3O5S. The van der Waals surface area contributed by atoms with Crippen LogP contribution in [0.3, 0.4) is 0 Å². The molecule has 0 radical (unpaired) electrons. The lowest BCUT2D eigenvalue weighted by Crippen LogP contribution is -2.53. The van der Waals surface area contributed by atoms with Gasteiger partial charge in [-0.1, -0.05) is 60.1 Å². The van der Waals surface area contributed by atoms with E-state index in [-0.39, 0.29) is 23.4 Å². The van der Waals surface area contributed by atoms with E-state index in [0.29, 0.717) is 17.9 Å². The highest BCUT2D eigenvalue weighted by molar-refractivity contribution is 9.10. The number of halogens is 1. The molecule has 3 aromatic carbocycles. The van der Waals surface area contributed by atoms with Gasteiger partial charge in [-0.15, -0.1) is 0 Å². The van der Waals surface area contributed by atoms with Gasteiger partial charge in [-0.2, -0.15) is 0 Å². The number of amides is 2. The molecule has 2 amide bonds. The van der Waals surface area contributed by atoms with Crippen LogP contribution >= 0.6 is 15.9 Å². The molecule has 214 valence electrons. The van der Waals surface area contributed by atoms with Crippen molar-refractivity contribution in [2.75, 3.05) is 18.0 Å². The third kappa shape index (κ3) is 7.85. The Labute approximate surface area is 245 Å². The van der Waals surface area contributed by atoms with Crippen LogP contribution in [0.25, 0.3) is 0 Å². The van der Waals surface area contributed by atoms with Crippen LogP contribution in [-0.4, -0.2) is 50.9 Å². The Morgan fingerprint density at radius 2 is 1.55 bits per heavy atom. The monoisotopic (exact) mass is 629 g/mol. The van der Waals surface area contributed by atoms with Crippen LogP contribution in [0, 0.1) is 0 Å². The molecule has 0 aromatic heterocycles. The summed E-state index contributed by atoms with van der Waals surface area (Å²) in [6, 6.07) is 21.1. The first-order valence-electron chi connectivity index (χ1n) is 13.2. The molecule has 0 fully saturated rings. The number of anilines is 1. The Morgan fingerprint density at radius 3 is 2.10 bits per heavy atom. The highest BCUT2D eigenvalue weighted by Crippen LogP contribution is 2.26. The maximum absolute atomic E-state index is 14.1. The Hall–Kier alpha value is -3.37. The van der Waals surface area contributed by atoms with Crippen LogP contribution in [0.15, 0.2) is 88.2 Å². The summed E-state index contributed by atoms with van der Waals surface area (Å²) in [6.07, 6.45) is 1.09. The summed E-state index contributed by atoms with van der Waals surface area (Å²) in [5.41, 5.74) is 1.12. The van der Waals surface area contributed by atoms with Gasteiger partial charge in [0.15, 0.2) is 0 Å². The van der Waals surface area contributed by atoms with E-state index in [9.17, 15) is 18.0 Å². The summed E-state index contributed by atoms with van der Waals surface area (Å²) < 4.78 is 34.7. The summed E-state index contributed by atoms with van der Waals surface area (Å²) >= 11 is 3.38. The van der Waals surface area contributed by atoms with Crippen molar-refractivity contribution in [1.82, 2.24) is 10.2 Å². The molecule has 0 saturated carbocycles. The lowest BCUT2D eigenvalue weighted by molar-refractivity contribution is -0.140. The molecule has 2 unspecified atom stereocenters. The number of nitrogens with zero attached hydrogens (tertiary/aromatic N) is 2. The fraction of sp³-hybridized carbons (Fsp3) is 0.333. The van der Waals surface area contributed by atoms with Gasteiger partial charge in [0, 0.05) is 17.1 Å². The zero-order chi connectivity index (χ0) is 29.3. The molecule has 3 rings (SSSR count). The molecule has 10 heteroatoms. The van der Waals surface area contributed by atoms with E-state index in [1.807, 2.05) is 32.9 Å². The molecule has 2 atom stereocenters. The molecule has 0 aliphatic rings. The number of hydrogen-bond donors (Lipinski definition) is 1. The fourth-order valence-electron chi connectivity index (χ4n) is 4.14. The molecule has 0 aliphatic carbocycles. The zero-order valence-electron chi connectivity index (χ0n) is 23.2. The Bertz CT molecular complexity index is 1370. The standard InChI is InChI=1S/C30H36BrN3O5S/c1-5-22(3)32-30(36)28(6-2)33(20-23-12-18-26(39-4)19-13-23)29(35)21-34(25-16-14-24(31)15-17-25)40(37,38)27-10-8-7-9-11-27/h7-19,22,28H,5-6,20-21H2,1-4H3,(H,32,36). The third-order valence-corrected chi connectivity index (χ3v) is 8.94. The number of benzene rings is 3. The normalized spacial score (nSPS) is 12.7. The van der Waals surface area contributed by atoms with Gasteiger partial charge in [-0.05, 0) is 73.9 Å². The van der Waals surface area contributed by atoms with Crippen molar-refractivity contribution in [3.05, 3.63) is 88.9 Å². The molecule has 1 N–H and O–H groups in total. The van der Waals surface area contributed by atoms with E-state index in [0.717, 1.165) is 20.8 Å². The summed E-state index contributed by atoms with van der Waals surface area (Å²) in [5, 5.41) is 2.98. The number of carbonyl (C=O) groups excluding carboxylic acids is 2. The molecule has 3 aromatic rings. The van der Waals surface area contributed by atoms with Gasteiger partial charge < -0.3 is 15.0 Å². The maximum Gasteiger partial charge on any atom is 0.264 e. The van der Waals surface area contributed by atoms with E-state index in [1.165, 1.54) is 17.0 Å². The van der Waals surface area contributed by atoms with Crippen LogP contribution in [-0.2, 0) is 26.2 Å². The highest BCUT2D eigenvalue weighted by Gasteiger charge is 2.34. The third-order valence-electron chi connectivity index (χ3n) is 6.62. The summed E-state index contributed by atoms with van der Waals surface area (Å²) in [5.74, 6) is -0.109. The minimum Gasteiger partial charge on any atom is -0.497 e. The van der Waals surface area contributed by atoms with E-state index in [2.05, 4.69) is 21.2 Å². The number of nitrogens with one attached hydrogen (secondary N) is 1. The van der Waals surface area contributed by atoms with E-state index < -0.39 is 28.5 Å². The number of sulfonamides is 1. The Balaban J connectivity index is 2.03. The average molecular weight is 631 g/mol. The lowest BCUT2D eigenvalue weighted by atomic mass is 10.1. The number of hydrogen-bond acceptors (Lipinski definition) is 5. The molecule has 0 aliphatic heterocycles. The van der Waals surface area contributed by atoms with Crippen molar-refractivity contribution in [3.63, 3.8) is 0 Å². The van der Waals surface area contributed by atoms with E-state index in [1.54, 1.807) is 61.7 Å². The smallest absolute Gasteiger partial charge is 0.264 e. The number of rotatable bonds is 13. The molecule has 40 heavy (non-hydrogen) atoms. The zero-order valence-corrected chi connectivity index (χ0v) is 25.6. The first-order valence-corrected chi connectivity index (χ1v) is 15.4. The number of ether oxygens (including phenoxy) is 1. The van der Waals surface area contributed by atoms with Crippen molar-refractivity contribution < 1.29 is 22.7 Å². The van der Waals surface area contributed by atoms with Crippen molar-refractivity contribution in [2.24, 2.45) is 0 Å².